The average Bonchev–Trinajstić information content (AvgIpc) is 3.16. The van der Waals surface area contributed by atoms with Crippen molar-refractivity contribution in [2.75, 3.05) is 26.7 Å². The summed E-state index contributed by atoms with van der Waals surface area (Å²) in [5, 5.41) is 11.0. The topological polar surface area (TPSA) is 67.6 Å². The van der Waals surface area contributed by atoms with Crippen LogP contribution in [0.2, 0.25) is 0 Å². The van der Waals surface area contributed by atoms with Gasteiger partial charge in [-0.25, -0.2) is 0 Å². The number of hydrogen-bond donors (Lipinski definition) is 1. The van der Waals surface area contributed by atoms with Crippen LogP contribution < -0.4 is 10.1 Å². The Kier molecular flexibility index (Phi) is 8.45. The molecule has 0 radical (unpaired) electrons. The Morgan fingerprint density at radius 2 is 1.88 bits per heavy atom. The molecule has 2 rings (SSSR count). The molecule has 7 nitrogen and oxygen atoms in total. The second-order valence-corrected chi connectivity index (χ2v) is 6.08. The Morgan fingerprint density at radius 1 is 1.15 bits per heavy atom. The Labute approximate surface area is 156 Å². The maximum atomic E-state index is 5.50. The number of guanidine groups is 1. The highest BCUT2D eigenvalue weighted by atomic mass is 16.5. The second kappa shape index (κ2) is 11.1. The van der Waals surface area contributed by atoms with E-state index in [2.05, 4.69) is 46.5 Å². The Bertz CT molecular complexity index is 639. The zero-order valence-corrected chi connectivity index (χ0v) is 16.1. The summed E-state index contributed by atoms with van der Waals surface area (Å²) >= 11 is 0. The first-order valence-electron chi connectivity index (χ1n) is 9.26. The third kappa shape index (κ3) is 6.74. The van der Waals surface area contributed by atoms with Crippen LogP contribution in [0.4, 0.5) is 0 Å². The van der Waals surface area contributed by atoms with Gasteiger partial charge in [0.1, 0.15) is 18.4 Å². The predicted molar refractivity (Wildman–Crippen MR) is 104 cm³/mol. The van der Waals surface area contributed by atoms with Gasteiger partial charge in [0.15, 0.2) is 5.96 Å². The van der Waals surface area contributed by atoms with Gasteiger partial charge in [0.25, 0.3) is 0 Å². The number of nitrogens with zero attached hydrogens (tertiary/aromatic N) is 5. The molecule has 0 aliphatic carbocycles. The van der Waals surface area contributed by atoms with E-state index in [0.717, 1.165) is 50.7 Å². The molecule has 0 aliphatic heterocycles. The van der Waals surface area contributed by atoms with Gasteiger partial charge < -0.3 is 19.5 Å². The molecule has 1 N–H and O–H groups in total. The minimum Gasteiger partial charge on any atom is -0.494 e. The molecule has 1 heterocycles. The summed E-state index contributed by atoms with van der Waals surface area (Å²) in [4.78, 5) is 6.89. The van der Waals surface area contributed by atoms with E-state index in [-0.39, 0.29) is 0 Å². The summed E-state index contributed by atoms with van der Waals surface area (Å²) < 4.78 is 7.49. The van der Waals surface area contributed by atoms with Crippen molar-refractivity contribution in [3.05, 3.63) is 42.5 Å². The fourth-order valence-corrected chi connectivity index (χ4v) is 2.60. The normalized spacial score (nSPS) is 11.4. The molecule has 0 bridgehead atoms. The summed E-state index contributed by atoms with van der Waals surface area (Å²) in [5.74, 6) is 1.85. The van der Waals surface area contributed by atoms with Crippen molar-refractivity contribution >= 4 is 5.96 Å². The number of aromatic nitrogens is 3. The molecule has 0 saturated carbocycles. The van der Waals surface area contributed by atoms with Crippen molar-refractivity contribution in [2.45, 2.75) is 39.8 Å². The molecule has 0 saturated heterocycles. The van der Waals surface area contributed by atoms with Crippen molar-refractivity contribution < 1.29 is 4.74 Å². The average molecular weight is 358 g/mol. The zero-order valence-electron chi connectivity index (χ0n) is 16.1. The van der Waals surface area contributed by atoms with Crippen LogP contribution in [-0.4, -0.2) is 52.4 Å². The molecule has 26 heavy (non-hydrogen) atoms. The van der Waals surface area contributed by atoms with Crippen LogP contribution in [0.1, 0.15) is 32.3 Å². The summed E-state index contributed by atoms with van der Waals surface area (Å²) in [5.41, 5.74) is 1.23. The van der Waals surface area contributed by atoms with Gasteiger partial charge in [-0.15, -0.1) is 10.2 Å². The lowest BCUT2D eigenvalue weighted by Gasteiger charge is -2.22. The highest BCUT2D eigenvalue weighted by Gasteiger charge is 2.06. The van der Waals surface area contributed by atoms with Gasteiger partial charge in [-0.1, -0.05) is 12.1 Å². The van der Waals surface area contributed by atoms with E-state index < -0.39 is 0 Å². The van der Waals surface area contributed by atoms with Crippen LogP contribution in [0.15, 0.2) is 41.9 Å². The number of nitrogens with one attached hydrogen (secondary N) is 1. The number of hydrogen-bond acceptors (Lipinski definition) is 4. The van der Waals surface area contributed by atoms with Gasteiger partial charge in [-0.2, -0.15) is 0 Å². The van der Waals surface area contributed by atoms with Crippen molar-refractivity contribution in [3.8, 4) is 5.75 Å². The van der Waals surface area contributed by atoms with E-state index in [9.17, 15) is 0 Å². The Morgan fingerprint density at radius 3 is 2.54 bits per heavy atom. The van der Waals surface area contributed by atoms with Crippen molar-refractivity contribution in [1.29, 1.82) is 0 Å². The molecule has 0 fully saturated rings. The summed E-state index contributed by atoms with van der Waals surface area (Å²) in [6.07, 6.45) is 5.59. The van der Waals surface area contributed by atoms with E-state index in [1.54, 1.807) is 12.7 Å². The summed E-state index contributed by atoms with van der Waals surface area (Å²) in [6.45, 7) is 8.17. The lowest BCUT2D eigenvalue weighted by molar-refractivity contribution is 0.340. The third-order valence-corrected chi connectivity index (χ3v) is 3.90. The van der Waals surface area contributed by atoms with Crippen LogP contribution >= 0.6 is 0 Å². The number of aliphatic imine (C=N–C) groups is 1. The molecule has 0 amide bonds. The van der Waals surface area contributed by atoms with Crippen molar-refractivity contribution in [1.82, 2.24) is 25.0 Å². The fraction of sp³-hybridized carbons (Fsp3) is 0.526. The van der Waals surface area contributed by atoms with Crippen LogP contribution in [0.5, 0.6) is 5.75 Å². The second-order valence-electron chi connectivity index (χ2n) is 6.08. The predicted octanol–water partition coefficient (Wildman–Crippen LogP) is 2.55. The van der Waals surface area contributed by atoms with Gasteiger partial charge >= 0.3 is 0 Å². The molecule has 142 valence electrons. The van der Waals surface area contributed by atoms with E-state index in [4.69, 9.17) is 9.73 Å². The zero-order chi connectivity index (χ0) is 18.6. The number of benzene rings is 1. The first kappa shape index (κ1) is 19.8. The largest absolute Gasteiger partial charge is 0.494 e. The fourth-order valence-electron chi connectivity index (χ4n) is 2.60. The Hall–Kier alpha value is -2.57. The third-order valence-electron chi connectivity index (χ3n) is 3.90. The molecule has 0 unspecified atom stereocenters. The first-order valence-corrected chi connectivity index (χ1v) is 9.26. The molecular formula is C19H30N6O. The molecule has 0 spiro atoms. The summed E-state index contributed by atoms with van der Waals surface area (Å²) in [7, 11) is 2.06. The number of unbranched alkanes of at least 4 members (excludes halogenated alkanes) is 1. The maximum Gasteiger partial charge on any atom is 0.193 e. The van der Waals surface area contributed by atoms with Gasteiger partial charge in [0.05, 0.1) is 6.61 Å². The monoisotopic (exact) mass is 358 g/mol. The molecule has 1 aromatic heterocycles. The standard InChI is InChI=1S/C19H30N6O/c1-4-20-19(21-12-6-7-13-25-15-22-23-16-25)24(3)14-17-8-10-18(11-9-17)26-5-2/h8-11,15-16H,4-7,12-14H2,1-3H3,(H,20,21). The molecule has 1 aromatic carbocycles. The Balaban J connectivity index is 1.81. The molecule has 7 heteroatoms. The molecular weight excluding hydrogens is 328 g/mol. The highest BCUT2D eigenvalue weighted by Crippen LogP contribution is 2.13. The molecule has 2 aromatic rings. The van der Waals surface area contributed by atoms with Crippen LogP contribution in [0, 0.1) is 0 Å². The smallest absolute Gasteiger partial charge is 0.193 e. The quantitative estimate of drug-likeness (QED) is 0.402. The molecule has 0 atom stereocenters. The van der Waals surface area contributed by atoms with E-state index in [1.165, 1.54) is 5.56 Å². The number of rotatable bonds is 10. The van der Waals surface area contributed by atoms with E-state index >= 15 is 0 Å². The lowest BCUT2D eigenvalue weighted by atomic mass is 10.2. The number of aryl methyl sites for hydroxylation is 1. The van der Waals surface area contributed by atoms with Crippen LogP contribution in [-0.2, 0) is 13.1 Å². The van der Waals surface area contributed by atoms with Gasteiger partial charge in [0, 0.05) is 33.2 Å². The molecule has 0 aliphatic rings. The van der Waals surface area contributed by atoms with E-state index in [0.29, 0.717) is 6.61 Å². The highest BCUT2D eigenvalue weighted by molar-refractivity contribution is 5.79. The minimum atomic E-state index is 0.688. The van der Waals surface area contributed by atoms with Gasteiger partial charge in [0.2, 0.25) is 0 Å². The van der Waals surface area contributed by atoms with Crippen LogP contribution in [0.3, 0.4) is 0 Å². The van der Waals surface area contributed by atoms with E-state index in [1.807, 2.05) is 23.6 Å². The van der Waals surface area contributed by atoms with Crippen LogP contribution in [0.25, 0.3) is 0 Å². The minimum absolute atomic E-state index is 0.688. The van der Waals surface area contributed by atoms with Gasteiger partial charge in [-0.05, 0) is 44.4 Å². The number of ether oxygens (including phenoxy) is 1. The first-order chi connectivity index (χ1) is 12.7. The summed E-state index contributed by atoms with van der Waals surface area (Å²) in [6, 6.07) is 8.23. The lowest BCUT2D eigenvalue weighted by Crippen LogP contribution is -2.38. The maximum absolute atomic E-state index is 5.50. The van der Waals surface area contributed by atoms with Gasteiger partial charge in [-0.3, -0.25) is 4.99 Å². The SMILES string of the molecule is CCNC(=NCCCCn1cnnc1)N(C)Cc1ccc(OCC)cc1. The van der Waals surface area contributed by atoms with Crippen molar-refractivity contribution in [2.24, 2.45) is 4.99 Å². The van der Waals surface area contributed by atoms with Crippen molar-refractivity contribution in [3.63, 3.8) is 0 Å².